The minimum Gasteiger partial charge on any atom is -0.481 e. The Labute approximate surface area is 535 Å². The van der Waals surface area contributed by atoms with Gasteiger partial charge in [-0.25, -0.2) is 4.79 Å². The van der Waals surface area contributed by atoms with Gasteiger partial charge in [-0.3, -0.25) is 67.5 Å². The predicted molar refractivity (Wildman–Crippen MR) is 335 cm³/mol. The molecule has 1 aromatic rings. The number of hydrogen-bond acceptors (Lipinski definition) is 21. The molecule has 0 aliphatic heterocycles. The number of guanidine groups is 2. The van der Waals surface area contributed by atoms with Gasteiger partial charge in [-0.2, -0.15) is 25.3 Å². The van der Waals surface area contributed by atoms with Crippen LogP contribution in [-0.4, -0.2) is 227 Å². The molecule has 91 heavy (non-hydrogen) atoms. The largest absolute Gasteiger partial charge is 0.481 e. The highest BCUT2D eigenvalue weighted by Gasteiger charge is 2.35. The number of aliphatic hydroxyl groups excluding tert-OH is 2. The van der Waals surface area contributed by atoms with Crippen molar-refractivity contribution in [3.8, 4) is 0 Å². The van der Waals surface area contributed by atoms with Gasteiger partial charge in [0.05, 0.1) is 38.8 Å². The average Bonchev–Trinajstić information content (AvgIpc) is 2.09. The Kier molecular flexibility index (Phi) is 38.9. The van der Waals surface area contributed by atoms with Gasteiger partial charge >= 0.3 is 11.9 Å². The monoisotopic (exact) mass is 1330 g/mol. The number of aliphatic imine (C=N–C) groups is 2. The molecule has 0 fully saturated rings. The third-order valence-corrected chi connectivity index (χ3v) is 14.1. The topological polar surface area (TPSA) is 616 Å². The summed E-state index contributed by atoms with van der Waals surface area (Å²) < 4.78 is 0. The van der Waals surface area contributed by atoms with E-state index in [1.54, 1.807) is 44.2 Å². The first kappa shape index (κ1) is 80.4. The van der Waals surface area contributed by atoms with E-state index in [0.717, 1.165) is 0 Å². The lowest BCUT2D eigenvalue weighted by molar-refractivity contribution is -0.142. The number of benzene rings is 1. The number of carbonyl (C=O) groups is 13. The molecule has 0 heterocycles. The van der Waals surface area contributed by atoms with Crippen molar-refractivity contribution < 1.29 is 82.8 Å². The molecular weight excluding hydrogens is 1240 g/mol. The van der Waals surface area contributed by atoms with E-state index in [2.05, 4.69) is 93.7 Å². The molecule has 36 nitrogen and oxygen atoms in total. The lowest BCUT2D eigenvalue weighted by atomic mass is 9.99. The molecule has 0 saturated heterocycles. The van der Waals surface area contributed by atoms with Crippen LogP contribution in [0.1, 0.15) is 77.2 Å². The molecule has 0 aromatic heterocycles. The van der Waals surface area contributed by atoms with Crippen LogP contribution in [0.3, 0.4) is 0 Å². The van der Waals surface area contributed by atoms with E-state index in [9.17, 15) is 82.8 Å². The maximum atomic E-state index is 13.7. The number of carboxylic acid groups (broad SMARTS) is 2. The zero-order chi connectivity index (χ0) is 68.8. The Morgan fingerprint density at radius 1 is 0.495 bits per heavy atom. The summed E-state index contributed by atoms with van der Waals surface area (Å²) in [6.07, 6.45) is -0.0495. The average molecular weight is 1330 g/mol. The highest BCUT2D eigenvalue weighted by atomic mass is 32.1. The van der Waals surface area contributed by atoms with Crippen molar-refractivity contribution in [3.63, 3.8) is 0 Å². The van der Waals surface area contributed by atoms with Gasteiger partial charge in [-0.15, -0.1) is 0 Å². The lowest BCUT2D eigenvalue weighted by Gasteiger charge is -2.25. The number of nitrogens with two attached hydrogens (primary N) is 6. The van der Waals surface area contributed by atoms with Crippen molar-refractivity contribution in [1.82, 2.24) is 58.5 Å². The van der Waals surface area contributed by atoms with Crippen LogP contribution >= 0.6 is 25.3 Å². The molecule has 11 atom stereocenters. The van der Waals surface area contributed by atoms with Crippen LogP contribution < -0.4 is 92.9 Å². The predicted octanol–water partition coefficient (Wildman–Crippen LogP) is -9.16. The van der Waals surface area contributed by atoms with E-state index in [4.69, 9.17) is 34.4 Å². The zero-order valence-electron chi connectivity index (χ0n) is 50.5. The number of nitrogens with zero attached hydrogens (tertiary/aromatic N) is 2. The highest BCUT2D eigenvalue weighted by Crippen LogP contribution is 2.10. The molecule has 0 radical (unpaired) electrons. The second-order valence-corrected chi connectivity index (χ2v) is 21.3. The Hall–Kier alpha value is -8.59. The molecule has 0 aliphatic rings. The smallest absolute Gasteiger partial charge is 0.326 e. The molecule has 38 heteroatoms. The molecule has 0 aliphatic carbocycles. The maximum Gasteiger partial charge on any atom is 0.326 e. The normalized spacial score (nSPS) is 14.5. The van der Waals surface area contributed by atoms with E-state index < -0.39 is 176 Å². The highest BCUT2D eigenvalue weighted by molar-refractivity contribution is 7.80. The number of carbonyl (C=O) groups excluding carboxylic acids is 11. The molecule has 0 spiro atoms. The standard InChI is InChI=1S/C53H89N19O17S2/c1-3-27(2)41(55)50(87)72-37(26-91)49(86)69-33(20-40(77)78)45(82)68-32(19-28-11-5-4-6-12-28)43(80)63-22-39(76)65-36(25-90)48(85)71-35(24-74)47(84)70-34(23-73)46(83)66-29(13-7-8-16-54)42(79)62-21-38(75)64-30(14-9-17-60-52(56)57)44(81)67-31(51(88)89)15-10-18-61-53(58)59/h4-6,11-12,27,29-37,41,73-74,90-91H,3,7-10,13-26,54-55H2,1-2H3,(H,62,79)(H,63,80)(H,64,75)(H,65,76)(H,66,83)(H,67,81)(H,68,82)(H,69,86)(H,70,84)(H,71,85)(H,72,87)(H,77,78)(H,88,89)(H4,56,57,60)(H4,58,59,61)/t27-,29-,30-,31-,32-,33-,34-,35-,36-,37-,41-/m0/s1. The Balaban J connectivity index is 3.14. The van der Waals surface area contributed by atoms with E-state index >= 15 is 0 Å². The lowest BCUT2D eigenvalue weighted by Crippen LogP contribution is -2.60. The van der Waals surface area contributed by atoms with Crippen molar-refractivity contribution in [2.75, 3.05) is 57.4 Å². The third kappa shape index (κ3) is 32.1. The van der Waals surface area contributed by atoms with Crippen LogP contribution in [0.2, 0.25) is 0 Å². The summed E-state index contributed by atoms with van der Waals surface area (Å²) in [6.45, 7) is -0.0602. The fourth-order valence-electron chi connectivity index (χ4n) is 8.00. The number of carboxylic acids is 2. The summed E-state index contributed by atoms with van der Waals surface area (Å²) >= 11 is 8.20. The van der Waals surface area contributed by atoms with E-state index in [-0.39, 0.29) is 88.2 Å². The first-order chi connectivity index (χ1) is 43.0. The number of unbranched alkanes of at least 4 members (excludes halogenated alkanes) is 1. The van der Waals surface area contributed by atoms with Gasteiger partial charge in [0, 0.05) is 31.0 Å². The van der Waals surface area contributed by atoms with Gasteiger partial charge in [-0.05, 0) is 63.0 Å². The number of thiol groups is 2. The second kappa shape index (κ2) is 44.0. The maximum absolute atomic E-state index is 13.7. The first-order valence-electron chi connectivity index (χ1n) is 28.8. The number of nitrogens with one attached hydrogen (secondary N) is 11. The fourth-order valence-corrected chi connectivity index (χ4v) is 8.51. The van der Waals surface area contributed by atoms with Crippen LogP contribution in [-0.2, 0) is 68.7 Å². The number of rotatable bonds is 45. The van der Waals surface area contributed by atoms with E-state index in [0.29, 0.717) is 18.4 Å². The van der Waals surface area contributed by atoms with Gasteiger partial charge in [0.2, 0.25) is 65.0 Å². The van der Waals surface area contributed by atoms with Crippen molar-refractivity contribution >= 4 is 114 Å². The van der Waals surface area contributed by atoms with Crippen molar-refractivity contribution in [2.45, 2.75) is 138 Å². The Bertz CT molecular complexity index is 2660. The van der Waals surface area contributed by atoms with Crippen molar-refractivity contribution in [1.29, 1.82) is 0 Å². The number of amides is 11. The summed E-state index contributed by atoms with van der Waals surface area (Å²) in [4.78, 5) is 179. The third-order valence-electron chi connectivity index (χ3n) is 13.4. The number of aliphatic hydroxyl groups is 2. The van der Waals surface area contributed by atoms with Gasteiger partial charge < -0.3 is 113 Å². The van der Waals surface area contributed by atoms with Crippen LogP contribution in [0.15, 0.2) is 40.3 Å². The summed E-state index contributed by atoms with van der Waals surface area (Å²) in [6, 6.07) is -7.04. The molecule has 0 bridgehead atoms. The molecule has 0 unspecified atom stereocenters. The zero-order valence-corrected chi connectivity index (χ0v) is 52.3. The first-order valence-corrected chi connectivity index (χ1v) is 30.1. The van der Waals surface area contributed by atoms with Gasteiger partial charge in [0.15, 0.2) is 11.9 Å². The van der Waals surface area contributed by atoms with E-state index in [1.165, 1.54) is 0 Å². The van der Waals surface area contributed by atoms with Gasteiger partial charge in [-0.1, -0.05) is 50.6 Å². The Morgan fingerprint density at radius 3 is 1.34 bits per heavy atom. The molecule has 1 rings (SSSR count). The second-order valence-electron chi connectivity index (χ2n) is 20.6. The molecule has 0 saturated carbocycles. The molecule has 1 aromatic carbocycles. The van der Waals surface area contributed by atoms with Crippen molar-refractivity contribution in [3.05, 3.63) is 35.9 Å². The quantitative estimate of drug-likeness (QED) is 0.0125. The Morgan fingerprint density at radius 2 is 0.879 bits per heavy atom. The van der Waals surface area contributed by atoms with Gasteiger partial charge in [0.25, 0.3) is 0 Å². The minimum atomic E-state index is -1.86. The fraction of sp³-hybridized carbons (Fsp3) is 0.604. The number of aliphatic carboxylic acids is 2. The minimum absolute atomic E-state index is 0.0240. The summed E-state index contributed by atoms with van der Waals surface area (Å²) in [5.74, 6) is -15.5. The number of hydrogen-bond donors (Lipinski definition) is 23. The summed E-state index contributed by atoms with van der Waals surface area (Å²) in [5, 5.41) is 65.2. The van der Waals surface area contributed by atoms with Crippen LogP contribution in [0.4, 0.5) is 0 Å². The SMILES string of the molecule is CC[C@H](C)[C@H](N)C(=O)N[C@@H](CS)C(=O)N[C@@H](CC(=O)O)C(=O)N[C@@H](Cc1ccccc1)C(=O)NCC(=O)N[C@@H](CS)C(=O)N[C@@H](CO)C(=O)N[C@@H](CO)C(=O)N[C@@H](CCCCN)C(=O)NCC(=O)N[C@@H](CCCN=C(N)N)C(=O)N[C@@H](CCCN=C(N)N)C(=O)O. The van der Waals surface area contributed by atoms with Crippen molar-refractivity contribution in [2.24, 2.45) is 50.3 Å². The summed E-state index contributed by atoms with van der Waals surface area (Å²) in [7, 11) is 0. The molecular formula is C53H89N19O17S2. The van der Waals surface area contributed by atoms with Crippen LogP contribution in [0, 0.1) is 5.92 Å². The molecule has 510 valence electrons. The summed E-state index contributed by atoms with van der Waals surface area (Å²) in [5.41, 5.74) is 33.5. The van der Waals surface area contributed by atoms with E-state index in [1.807, 2.05) is 0 Å². The van der Waals surface area contributed by atoms with Crippen LogP contribution in [0.25, 0.3) is 0 Å². The molecule has 27 N–H and O–H groups in total. The molecule has 11 amide bonds. The van der Waals surface area contributed by atoms with Gasteiger partial charge in [0.1, 0.15) is 54.4 Å². The van der Waals surface area contributed by atoms with Crippen LogP contribution in [0.5, 0.6) is 0 Å².